The molecular weight excluding hydrogens is 226 g/mol. The molecule has 0 aromatic carbocycles. The molecule has 0 aliphatic rings. The summed E-state index contributed by atoms with van der Waals surface area (Å²) in [6.45, 7) is 0. The minimum atomic E-state index is -5.17. The summed E-state index contributed by atoms with van der Waals surface area (Å²) in [7, 11) is -5.17. The molecule has 0 aliphatic heterocycles. The fourth-order valence-electron chi connectivity index (χ4n) is 0. The normalized spacial score (nSPS) is 7.88. The molecule has 0 bridgehead atoms. The predicted molar refractivity (Wildman–Crippen MR) is 11.2 cm³/mol. The van der Waals surface area contributed by atoms with Crippen molar-refractivity contribution < 1.29 is 54.1 Å². The van der Waals surface area contributed by atoms with Crippen molar-refractivity contribution in [3.8, 4) is 0 Å². The van der Waals surface area contributed by atoms with E-state index >= 15 is 0 Å². The molecule has 0 N–H and O–H groups in total. The van der Waals surface area contributed by atoms with Crippen molar-refractivity contribution in [2.75, 3.05) is 0 Å². The molecule has 0 fully saturated rings. The Morgan fingerprint density at radius 2 is 1.12 bits per heavy atom. The van der Waals surface area contributed by atoms with E-state index in [0.29, 0.717) is 0 Å². The molecule has 0 saturated heterocycles. The standard InChI is InChI=1S/Co.Mn.H2O4S.O/c;;1-5(2,3)4;/h;;(H2,1,2,3,4);/q;+2;;/p-2. The molecule has 1 radical (unpaired) electrons. The van der Waals surface area contributed by atoms with Crippen LogP contribution in [0, 0.1) is 0 Å². The Kier molecular flexibility index (Phi) is 15.3. The quantitative estimate of drug-likeness (QED) is 0.285. The van der Waals surface area contributed by atoms with E-state index in [-0.39, 0.29) is 17.1 Å². The van der Waals surface area contributed by atoms with Crippen molar-refractivity contribution in [1.29, 1.82) is 0 Å². The molecule has 0 atom stereocenters. The van der Waals surface area contributed by atoms with E-state index in [4.69, 9.17) is 21.4 Å². The molecule has 0 spiro atoms. The van der Waals surface area contributed by atoms with Crippen LogP contribution >= 0.6 is 0 Å². The second-order valence-corrected chi connectivity index (χ2v) is 1.22. The van der Waals surface area contributed by atoms with Gasteiger partial charge in [-0.3, -0.25) is 8.42 Å². The van der Waals surface area contributed by atoms with Crippen LogP contribution in [0.4, 0.5) is 0 Å². The van der Waals surface area contributed by atoms with Gasteiger partial charge in [0.2, 0.25) is 0 Å². The minimum absolute atomic E-state index is 0. The fourth-order valence-corrected chi connectivity index (χ4v) is 0. The molecule has 8 heteroatoms. The van der Waals surface area contributed by atoms with Gasteiger partial charge < -0.3 is 9.11 Å². The Balaban J connectivity index is -0.0000000750. The van der Waals surface area contributed by atoms with E-state index in [9.17, 15) is 0 Å². The Morgan fingerprint density at radius 1 is 1.12 bits per heavy atom. The van der Waals surface area contributed by atoms with Gasteiger partial charge in [0, 0.05) is 10.4 Å². The predicted octanol–water partition coefficient (Wildman–Crippen LogP) is -1.46. The van der Waals surface area contributed by atoms with Gasteiger partial charge in [-0.1, -0.05) is 0 Å². The van der Waals surface area contributed by atoms with Crippen LogP contribution in [0.15, 0.2) is 0 Å². The van der Waals surface area contributed by atoms with Gasteiger partial charge in [0.1, 0.15) is 0 Å². The van der Waals surface area contributed by atoms with Gasteiger partial charge in [0.25, 0.3) is 0 Å². The Morgan fingerprint density at radius 3 is 1.12 bits per heavy atom. The molecule has 52 valence electrons. The molecule has 0 aromatic rings. The summed E-state index contributed by atoms with van der Waals surface area (Å²) in [5, 5.41) is 0. The fraction of sp³-hybridized carbons (Fsp3) is 0. The van der Waals surface area contributed by atoms with E-state index < -0.39 is 10.4 Å². The van der Waals surface area contributed by atoms with Crippen molar-refractivity contribution in [2.45, 2.75) is 0 Å². The first-order valence-corrected chi connectivity index (χ1v) is 2.56. The first-order chi connectivity index (χ1) is 3.00. The molecule has 0 aromatic heterocycles. The molecule has 5 nitrogen and oxygen atoms in total. The van der Waals surface area contributed by atoms with Gasteiger partial charge in [-0.25, -0.2) is 0 Å². The number of hydrogen-bond donors (Lipinski definition) is 0. The van der Waals surface area contributed by atoms with Gasteiger partial charge in [0.05, 0.1) is 0 Å². The van der Waals surface area contributed by atoms with Crippen LogP contribution in [-0.2, 0) is 47.0 Å². The van der Waals surface area contributed by atoms with E-state index in [2.05, 4.69) is 15.7 Å². The van der Waals surface area contributed by atoms with Crippen molar-refractivity contribution in [1.82, 2.24) is 0 Å². The second kappa shape index (κ2) is 7.70. The number of hydrogen-bond acceptors (Lipinski definition) is 5. The van der Waals surface area contributed by atoms with Crippen molar-refractivity contribution >= 4 is 10.4 Å². The summed E-state index contributed by atoms with van der Waals surface area (Å²) in [6, 6.07) is 0. The van der Waals surface area contributed by atoms with Gasteiger partial charge >= 0.3 is 36.6 Å². The van der Waals surface area contributed by atoms with Crippen molar-refractivity contribution in [3.63, 3.8) is 0 Å². The second-order valence-electron chi connectivity index (χ2n) is 0.408. The van der Waals surface area contributed by atoms with Crippen LogP contribution in [0.2, 0.25) is 0 Å². The van der Waals surface area contributed by atoms with E-state index in [1.54, 1.807) is 0 Å². The Labute approximate surface area is 64.7 Å². The number of rotatable bonds is 0. The van der Waals surface area contributed by atoms with E-state index in [1.807, 2.05) is 0 Å². The average molecular weight is 226 g/mol. The SMILES string of the molecule is O=S(=O)([O-])[O-].[Mn+2].[O]=[Co]. The van der Waals surface area contributed by atoms with Gasteiger partial charge in [-0.2, -0.15) is 0 Å². The molecule has 0 rings (SSSR count). The first-order valence-electron chi connectivity index (χ1n) is 0.803. The van der Waals surface area contributed by atoms with Crippen LogP contribution in [0.1, 0.15) is 0 Å². The monoisotopic (exact) mass is 226 g/mol. The van der Waals surface area contributed by atoms with Crippen molar-refractivity contribution in [2.24, 2.45) is 0 Å². The topological polar surface area (TPSA) is 97.3 Å². The zero-order valence-corrected chi connectivity index (χ0v) is 6.20. The van der Waals surface area contributed by atoms with Crippen LogP contribution < -0.4 is 0 Å². The zero-order chi connectivity index (χ0) is 6.50. The average Bonchev–Trinajstić information content (AvgIpc) is 1.36. The summed E-state index contributed by atoms with van der Waals surface area (Å²) in [4.78, 5) is 0. The summed E-state index contributed by atoms with van der Waals surface area (Å²) >= 11 is 2.31. The zero-order valence-electron chi connectivity index (χ0n) is 3.16. The van der Waals surface area contributed by atoms with Gasteiger partial charge in [-0.15, -0.1) is 0 Å². The maximum absolute atomic E-state index is 8.52. The Hall–Kier alpha value is 0.696. The summed E-state index contributed by atoms with van der Waals surface area (Å²) in [6.07, 6.45) is 0. The third-order valence-electron chi connectivity index (χ3n) is 0. The van der Waals surface area contributed by atoms with Crippen LogP contribution in [0.5, 0.6) is 0 Å². The van der Waals surface area contributed by atoms with E-state index in [0.717, 1.165) is 0 Å². The Bertz CT molecular complexity index is 106. The van der Waals surface area contributed by atoms with E-state index in [1.165, 1.54) is 0 Å². The molecule has 0 unspecified atom stereocenters. The molecule has 0 heterocycles. The van der Waals surface area contributed by atoms with Crippen LogP contribution in [0.25, 0.3) is 0 Å². The molecule has 0 saturated carbocycles. The van der Waals surface area contributed by atoms with Crippen LogP contribution in [0.3, 0.4) is 0 Å². The maximum atomic E-state index is 8.52. The third kappa shape index (κ3) is 449. The summed E-state index contributed by atoms with van der Waals surface area (Å²) < 4.78 is 42.0. The third-order valence-corrected chi connectivity index (χ3v) is 0. The molecule has 8 heavy (non-hydrogen) atoms. The first kappa shape index (κ1) is 15.9. The summed E-state index contributed by atoms with van der Waals surface area (Å²) in [5.74, 6) is 0. The van der Waals surface area contributed by atoms with Gasteiger partial charge in [-0.05, 0) is 0 Å². The molecule has 0 amide bonds. The molecular formula is CoMnO5S. The van der Waals surface area contributed by atoms with Gasteiger partial charge in [0.15, 0.2) is 0 Å². The van der Waals surface area contributed by atoms with Crippen LogP contribution in [-0.4, -0.2) is 17.5 Å². The van der Waals surface area contributed by atoms with Crippen molar-refractivity contribution in [3.05, 3.63) is 0 Å². The molecule has 0 aliphatic carbocycles. The summed E-state index contributed by atoms with van der Waals surface area (Å²) in [5.41, 5.74) is 0.